The van der Waals surface area contributed by atoms with E-state index in [1.807, 2.05) is 17.5 Å². The summed E-state index contributed by atoms with van der Waals surface area (Å²) in [7, 11) is -0.971. The van der Waals surface area contributed by atoms with Crippen LogP contribution < -0.4 is 19.8 Å². The van der Waals surface area contributed by atoms with Gasteiger partial charge in [-0.15, -0.1) is 11.3 Å². The Morgan fingerprint density at radius 1 is 1.14 bits per heavy atom. The van der Waals surface area contributed by atoms with E-state index in [0.29, 0.717) is 11.4 Å². The van der Waals surface area contributed by atoms with Crippen molar-refractivity contribution in [2.75, 3.05) is 20.8 Å². The lowest BCUT2D eigenvalue weighted by Gasteiger charge is -2.12. The third-order valence-corrected chi connectivity index (χ3v) is 6.31. The lowest BCUT2D eigenvalue weighted by Crippen LogP contribution is -2.32. The largest absolute Gasteiger partial charge is 0.497 e. The average Bonchev–Trinajstić information content (AvgIpc) is 3.23. The SMILES string of the molecule is COc1ccc(S(=O)(=O)NCCn2nc(-c3cccs3)ccc2=O)c(OC)c1. The second-order valence-electron chi connectivity index (χ2n) is 5.67. The molecular formula is C18H19N3O5S2. The first-order valence-electron chi connectivity index (χ1n) is 8.28. The molecule has 0 amide bonds. The van der Waals surface area contributed by atoms with Crippen molar-refractivity contribution >= 4 is 21.4 Å². The van der Waals surface area contributed by atoms with Gasteiger partial charge < -0.3 is 9.47 Å². The summed E-state index contributed by atoms with van der Waals surface area (Å²) in [6.45, 7) is 0.0913. The van der Waals surface area contributed by atoms with Gasteiger partial charge >= 0.3 is 0 Å². The van der Waals surface area contributed by atoms with E-state index in [1.165, 1.54) is 54.5 Å². The van der Waals surface area contributed by atoms with Crippen molar-refractivity contribution in [3.8, 4) is 22.1 Å². The summed E-state index contributed by atoms with van der Waals surface area (Å²) in [5.41, 5.74) is 0.357. The summed E-state index contributed by atoms with van der Waals surface area (Å²) >= 11 is 1.51. The standard InChI is InChI=1S/C18H19N3O5S2/c1-25-13-5-7-17(15(12-13)26-2)28(23,24)19-9-10-21-18(22)8-6-14(20-21)16-4-3-11-27-16/h3-8,11-12,19H,9-10H2,1-2H3. The molecule has 0 saturated carbocycles. The Kier molecular flexibility index (Phi) is 6.12. The molecule has 8 nitrogen and oxygen atoms in total. The monoisotopic (exact) mass is 421 g/mol. The summed E-state index contributed by atoms with van der Waals surface area (Å²) in [4.78, 5) is 12.9. The Labute approximate surface area is 166 Å². The molecular weight excluding hydrogens is 402 g/mol. The Morgan fingerprint density at radius 3 is 2.64 bits per heavy atom. The van der Waals surface area contributed by atoms with Crippen LogP contribution in [-0.2, 0) is 16.6 Å². The van der Waals surface area contributed by atoms with Crippen LogP contribution in [0, 0.1) is 0 Å². The molecule has 2 aromatic heterocycles. The smallest absolute Gasteiger partial charge is 0.266 e. The fraction of sp³-hybridized carbons (Fsp3) is 0.222. The fourth-order valence-corrected chi connectivity index (χ4v) is 4.39. The highest BCUT2D eigenvalue weighted by Crippen LogP contribution is 2.28. The number of nitrogens with zero attached hydrogens (tertiary/aromatic N) is 2. The van der Waals surface area contributed by atoms with E-state index >= 15 is 0 Å². The van der Waals surface area contributed by atoms with Gasteiger partial charge in [-0.2, -0.15) is 5.10 Å². The van der Waals surface area contributed by atoms with Crippen LogP contribution in [0.1, 0.15) is 0 Å². The molecule has 0 bridgehead atoms. The van der Waals surface area contributed by atoms with Crippen LogP contribution in [0.5, 0.6) is 11.5 Å². The number of sulfonamides is 1. The van der Waals surface area contributed by atoms with Crippen LogP contribution in [-0.4, -0.2) is 39.0 Å². The molecule has 0 aliphatic rings. The molecule has 10 heteroatoms. The Bertz CT molecular complexity index is 1110. The van der Waals surface area contributed by atoms with Crippen molar-refractivity contribution < 1.29 is 17.9 Å². The van der Waals surface area contributed by atoms with E-state index in [1.54, 1.807) is 6.07 Å². The number of benzene rings is 1. The van der Waals surface area contributed by atoms with E-state index in [9.17, 15) is 13.2 Å². The van der Waals surface area contributed by atoms with Crippen LogP contribution >= 0.6 is 11.3 Å². The maximum Gasteiger partial charge on any atom is 0.266 e. The molecule has 3 rings (SSSR count). The van der Waals surface area contributed by atoms with Gasteiger partial charge in [-0.05, 0) is 29.6 Å². The molecule has 1 aromatic carbocycles. The molecule has 28 heavy (non-hydrogen) atoms. The molecule has 148 valence electrons. The van der Waals surface area contributed by atoms with E-state index in [-0.39, 0.29) is 29.3 Å². The minimum absolute atomic E-state index is 0.00167. The second-order valence-corrected chi connectivity index (χ2v) is 8.35. The lowest BCUT2D eigenvalue weighted by atomic mass is 10.3. The van der Waals surface area contributed by atoms with Gasteiger partial charge in [0.25, 0.3) is 5.56 Å². The van der Waals surface area contributed by atoms with E-state index in [0.717, 1.165) is 4.88 Å². The van der Waals surface area contributed by atoms with Crippen molar-refractivity contribution in [1.29, 1.82) is 0 Å². The fourth-order valence-electron chi connectivity index (χ4n) is 2.53. The van der Waals surface area contributed by atoms with Crippen LogP contribution in [0.3, 0.4) is 0 Å². The number of methoxy groups -OCH3 is 2. The van der Waals surface area contributed by atoms with Gasteiger partial charge in [0.2, 0.25) is 10.0 Å². The average molecular weight is 422 g/mol. The van der Waals surface area contributed by atoms with E-state index in [2.05, 4.69) is 9.82 Å². The molecule has 0 fully saturated rings. The van der Waals surface area contributed by atoms with Gasteiger partial charge in [0.15, 0.2) is 0 Å². The molecule has 0 unspecified atom stereocenters. The highest BCUT2D eigenvalue weighted by molar-refractivity contribution is 7.89. The number of rotatable bonds is 8. The molecule has 0 spiro atoms. The summed E-state index contributed by atoms with van der Waals surface area (Å²) in [5, 5.41) is 6.22. The number of nitrogens with one attached hydrogen (secondary N) is 1. The maximum atomic E-state index is 12.6. The summed E-state index contributed by atoms with van der Waals surface area (Å²) in [6.07, 6.45) is 0. The molecule has 0 atom stereocenters. The summed E-state index contributed by atoms with van der Waals surface area (Å²) < 4.78 is 39.1. The normalized spacial score (nSPS) is 11.4. The quantitative estimate of drug-likeness (QED) is 0.597. The predicted octanol–water partition coefficient (Wildman–Crippen LogP) is 1.97. The Balaban J connectivity index is 1.74. The van der Waals surface area contributed by atoms with Crippen LogP contribution in [0.2, 0.25) is 0 Å². The third kappa shape index (κ3) is 4.41. The lowest BCUT2D eigenvalue weighted by molar-refractivity contribution is 0.386. The van der Waals surface area contributed by atoms with E-state index < -0.39 is 10.0 Å². The first-order valence-corrected chi connectivity index (χ1v) is 10.6. The molecule has 0 aliphatic heterocycles. The Morgan fingerprint density at radius 2 is 1.96 bits per heavy atom. The van der Waals surface area contributed by atoms with Crippen LogP contribution in [0.25, 0.3) is 10.6 Å². The summed E-state index contributed by atoms with van der Waals surface area (Å²) in [6, 6.07) is 11.3. The van der Waals surface area contributed by atoms with Gasteiger partial charge in [-0.25, -0.2) is 17.8 Å². The number of ether oxygens (including phenoxy) is 2. The van der Waals surface area contributed by atoms with Crippen molar-refractivity contribution in [3.05, 3.63) is 58.2 Å². The van der Waals surface area contributed by atoms with Gasteiger partial charge in [0, 0.05) is 18.7 Å². The molecule has 1 N–H and O–H groups in total. The summed E-state index contributed by atoms with van der Waals surface area (Å²) in [5.74, 6) is 0.652. The molecule has 0 aliphatic carbocycles. The number of hydrogen-bond acceptors (Lipinski definition) is 7. The van der Waals surface area contributed by atoms with Crippen molar-refractivity contribution in [2.45, 2.75) is 11.4 Å². The molecule has 3 aromatic rings. The maximum absolute atomic E-state index is 12.6. The second kappa shape index (κ2) is 8.55. The van der Waals surface area contributed by atoms with Crippen molar-refractivity contribution in [3.63, 3.8) is 0 Å². The number of aromatic nitrogens is 2. The first kappa shape index (κ1) is 20.1. The minimum atomic E-state index is -3.84. The highest BCUT2D eigenvalue weighted by Gasteiger charge is 2.20. The zero-order valence-corrected chi connectivity index (χ0v) is 16.9. The molecule has 0 radical (unpaired) electrons. The van der Waals surface area contributed by atoms with Gasteiger partial charge in [0.05, 0.1) is 25.6 Å². The van der Waals surface area contributed by atoms with E-state index in [4.69, 9.17) is 9.47 Å². The third-order valence-electron chi connectivity index (χ3n) is 3.92. The van der Waals surface area contributed by atoms with Gasteiger partial charge in [0.1, 0.15) is 22.1 Å². The topological polar surface area (TPSA) is 99.5 Å². The van der Waals surface area contributed by atoms with Crippen molar-refractivity contribution in [1.82, 2.24) is 14.5 Å². The number of hydrogen-bond donors (Lipinski definition) is 1. The molecule has 0 saturated heterocycles. The molecule has 2 heterocycles. The minimum Gasteiger partial charge on any atom is -0.497 e. The predicted molar refractivity (Wildman–Crippen MR) is 107 cm³/mol. The highest BCUT2D eigenvalue weighted by atomic mass is 32.2. The van der Waals surface area contributed by atoms with Gasteiger partial charge in [-0.1, -0.05) is 6.07 Å². The van der Waals surface area contributed by atoms with Crippen LogP contribution in [0.4, 0.5) is 0 Å². The number of thiophene rings is 1. The van der Waals surface area contributed by atoms with Crippen molar-refractivity contribution in [2.24, 2.45) is 0 Å². The van der Waals surface area contributed by atoms with Crippen LogP contribution in [0.15, 0.2) is 57.5 Å². The zero-order chi connectivity index (χ0) is 20.1. The van der Waals surface area contributed by atoms with Gasteiger partial charge in [-0.3, -0.25) is 4.79 Å². The Hall–Kier alpha value is -2.69. The zero-order valence-electron chi connectivity index (χ0n) is 15.3. The first-order chi connectivity index (χ1) is 13.4.